The summed E-state index contributed by atoms with van der Waals surface area (Å²) in [5.41, 5.74) is 1.49. The molecule has 15 heavy (non-hydrogen) atoms. The van der Waals surface area contributed by atoms with Crippen molar-refractivity contribution >= 4 is 5.91 Å². The first-order chi connectivity index (χ1) is 6.97. The summed E-state index contributed by atoms with van der Waals surface area (Å²) in [5, 5.41) is 9.85. The van der Waals surface area contributed by atoms with Crippen LogP contribution in [0.25, 0.3) is 0 Å². The smallest absolute Gasteiger partial charge is 0.271 e. The van der Waals surface area contributed by atoms with Crippen molar-refractivity contribution in [3.05, 3.63) is 17.5 Å². The standard InChI is InChI=1S/C11H17N3O/c1-11(2,3)9-6-8(13-14-9)10(15)12-7-4-5-7/h6-7H,4-5H2,1-3H3,(H,12,15)(H,13,14). The Bertz CT molecular complexity index is 371. The number of hydrogen-bond acceptors (Lipinski definition) is 2. The summed E-state index contributed by atoms with van der Waals surface area (Å²) in [6.45, 7) is 6.26. The molecule has 1 fully saturated rings. The number of hydrogen-bond donors (Lipinski definition) is 2. The molecule has 0 aliphatic heterocycles. The minimum Gasteiger partial charge on any atom is -0.348 e. The van der Waals surface area contributed by atoms with Gasteiger partial charge in [-0.3, -0.25) is 9.89 Å². The molecule has 4 nitrogen and oxygen atoms in total. The van der Waals surface area contributed by atoms with Gasteiger partial charge in [-0.05, 0) is 18.9 Å². The maximum atomic E-state index is 11.6. The molecule has 1 aromatic rings. The molecule has 0 unspecified atom stereocenters. The Balaban J connectivity index is 2.08. The minimum atomic E-state index is -0.0655. The van der Waals surface area contributed by atoms with Gasteiger partial charge in [0.15, 0.2) is 0 Å². The fourth-order valence-electron chi connectivity index (χ4n) is 1.31. The van der Waals surface area contributed by atoms with Gasteiger partial charge in [0.2, 0.25) is 0 Å². The molecular formula is C11H17N3O. The molecule has 1 aliphatic carbocycles. The largest absolute Gasteiger partial charge is 0.348 e. The summed E-state index contributed by atoms with van der Waals surface area (Å²) in [7, 11) is 0. The van der Waals surface area contributed by atoms with Crippen molar-refractivity contribution < 1.29 is 4.79 Å². The highest BCUT2D eigenvalue weighted by Crippen LogP contribution is 2.22. The fraction of sp³-hybridized carbons (Fsp3) is 0.636. The van der Waals surface area contributed by atoms with Crippen LogP contribution in [0.5, 0.6) is 0 Å². The van der Waals surface area contributed by atoms with Crippen LogP contribution < -0.4 is 5.32 Å². The van der Waals surface area contributed by atoms with Gasteiger partial charge in [0, 0.05) is 17.2 Å². The molecule has 1 aromatic heterocycles. The van der Waals surface area contributed by atoms with Gasteiger partial charge < -0.3 is 5.32 Å². The third-order valence-electron chi connectivity index (χ3n) is 2.53. The number of amides is 1. The van der Waals surface area contributed by atoms with Crippen LogP contribution in [0.3, 0.4) is 0 Å². The van der Waals surface area contributed by atoms with Crippen molar-refractivity contribution in [2.24, 2.45) is 0 Å². The number of H-pyrrole nitrogens is 1. The Kier molecular flexibility index (Phi) is 2.29. The highest BCUT2D eigenvalue weighted by Gasteiger charge is 2.25. The quantitative estimate of drug-likeness (QED) is 0.774. The lowest BCUT2D eigenvalue weighted by Gasteiger charge is -2.14. The zero-order valence-electron chi connectivity index (χ0n) is 9.42. The van der Waals surface area contributed by atoms with E-state index in [1.807, 2.05) is 6.07 Å². The van der Waals surface area contributed by atoms with Gasteiger partial charge in [-0.2, -0.15) is 5.10 Å². The van der Waals surface area contributed by atoms with Crippen LogP contribution in [0.4, 0.5) is 0 Å². The Morgan fingerprint density at radius 2 is 2.20 bits per heavy atom. The first-order valence-corrected chi connectivity index (χ1v) is 5.33. The van der Waals surface area contributed by atoms with E-state index in [9.17, 15) is 4.79 Å². The van der Waals surface area contributed by atoms with E-state index >= 15 is 0 Å². The van der Waals surface area contributed by atoms with Crippen LogP contribution in [-0.4, -0.2) is 22.1 Å². The van der Waals surface area contributed by atoms with Crippen molar-refractivity contribution in [3.8, 4) is 0 Å². The van der Waals surface area contributed by atoms with Gasteiger partial charge in [0.05, 0.1) is 0 Å². The van der Waals surface area contributed by atoms with Crippen molar-refractivity contribution in [2.75, 3.05) is 0 Å². The van der Waals surface area contributed by atoms with Crippen LogP contribution in [0.15, 0.2) is 6.07 Å². The van der Waals surface area contributed by atoms with Crippen molar-refractivity contribution in [3.63, 3.8) is 0 Å². The molecule has 0 saturated heterocycles. The molecule has 4 heteroatoms. The van der Waals surface area contributed by atoms with Gasteiger partial charge in [0.1, 0.15) is 5.69 Å². The first-order valence-electron chi connectivity index (χ1n) is 5.33. The average Bonchev–Trinajstić information content (AvgIpc) is 2.80. The summed E-state index contributed by atoms with van der Waals surface area (Å²) in [6.07, 6.45) is 2.20. The van der Waals surface area contributed by atoms with Gasteiger partial charge >= 0.3 is 0 Å². The zero-order chi connectivity index (χ0) is 11.1. The third kappa shape index (κ3) is 2.37. The highest BCUT2D eigenvalue weighted by atomic mass is 16.2. The Morgan fingerprint density at radius 1 is 1.53 bits per heavy atom. The van der Waals surface area contributed by atoms with E-state index in [0.29, 0.717) is 11.7 Å². The Hall–Kier alpha value is -1.32. The van der Waals surface area contributed by atoms with Gasteiger partial charge in [0.25, 0.3) is 5.91 Å². The van der Waals surface area contributed by atoms with E-state index in [1.54, 1.807) is 0 Å². The molecular weight excluding hydrogens is 190 g/mol. The molecule has 0 aromatic carbocycles. The number of carbonyl (C=O) groups is 1. The SMILES string of the molecule is CC(C)(C)c1cc(C(=O)NC2CC2)n[nH]1. The summed E-state index contributed by atoms with van der Waals surface area (Å²) in [5.74, 6) is -0.0655. The lowest BCUT2D eigenvalue weighted by Crippen LogP contribution is -2.25. The number of rotatable bonds is 2. The first kappa shape index (κ1) is 10.2. The zero-order valence-corrected chi connectivity index (χ0v) is 9.42. The van der Waals surface area contributed by atoms with Crippen LogP contribution in [0.2, 0.25) is 0 Å². The number of aromatic nitrogens is 2. The predicted molar refractivity (Wildman–Crippen MR) is 57.8 cm³/mol. The Morgan fingerprint density at radius 3 is 2.67 bits per heavy atom. The summed E-state index contributed by atoms with van der Waals surface area (Å²) < 4.78 is 0. The monoisotopic (exact) mass is 207 g/mol. The second-order valence-corrected chi connectivity index (χ2v) is 5.16. The molecule has 1 aliphatic rings. The number of nitrogens with zero attached hydrogens (tertiary/aromatic N) is 1. The van der Waals surface area contributed by atoms with Crippen LogP contribution in [-0.2, 0) is 5.41 Å². The van der Waals surface area contributed by atoms with Crippen molar-refractivity contribution in [1.82, 2.24) is 15.5 Å². The summed E-state index contributed by atoms with van der Waals surface area (Å²) >= 11 is 0. The normalized spacial score (nSPS) is 16.5. The van der Waals surface area contributed by atoms with Gasteiger partial charge in [-0.25, -0.2) is 0 Å². The third-order valence-corrected chi connectivity index (χ3v) is 2.53. The van der Waals surface area contributed by atoms with Crippen molar-refractivity contribution in [2.45, 2.75) is 45.1 Å². The van der Waals surface area contributed by atoms with E-state index in [4.69, 9.17) is 0 Å². The molecule has 1 amide bonds. The molecule has 1 heterocycles. The molecule has 2 rings (SSSR count). The maximum Gasteiger partial charge on any atom is 0.271 e. The molecule has 2 N–H and O–H groups in total. The number of carbonyl (C=O) groups excluding carboxylic acids is 1. The average molecular weight is 207 g/mol. The highest BCUT2D eigenvalue weighted by molar-refractivity contribution is 5.92. The molecule has 82 valence electrons. The molecule has 0 atom stereocenters. The number of aromatic amines is 1. The summed E-state index contributed by atoms with van der Waals surface area (Å²) in [6, 6.07) is 2.21. The molecule has 0 bridgehead atoms. The maximum absolute atomic E-state index is 11.6. The summed E-state index contributed by atoms with van der Waals surface area (Å²) in [4.78, 5) is 11.6. The van der Waals surface area contributed by atoms with E-state index in [-0.39, 0.29) is 11.3 Å². The van der Waals surface area contributed by atoms with E-state index in [1.165, 1.54) is 0 Å². The van der Waals surface area contributed by atoms with Gasteiger partial charge in [-0.15, -0.1) is 0 Å². The van der Waals surface area contributed by atoms with Gasteiger partial charge in [-0.1, -0.05) is 20.8 Å². The minimum absolute atomic E-state index is 0.00507. The van der Waals surface area contributed by atoms with E-state index in [2.05, 4.69) is 36.3 Å². The van der Waals surface area contributed by atoms with Crippen LogP contribution >= 0.6 is 0 Å². The lowest BCUT2D eigenvalue weighted by molar-refractivity contribution is 0.0946. The Labute approximate surface area is 89.5 Å². The fourth-order valence-corrected chi connectivity index (χ4v) is 1.31. The molecule has 0 radical (unpaired) electrons. The predicted octanol–water partition coefficient (Wildman–Crippen LogP) is 1.60. The van der Waals surface area contributed by atoms with Crippen LogP contribution in [0, 0.1) is 0 Å². The lowest BCUT2D eigenvalue weighted by atomic mass is 9.92. The number of nitrogens with one attached hydrogen (secondary N) is 2. The molecule has 0 spiro atoms. The topological polar surface area (TPSA) is 57.8 Å². The van der Waals surface area contributed by atoms with E-state index in [0.717, 1.165) is 18.5 Å². The van der Waals surface area contributed by atoms with Crippen LogP contribution in [0.1, 0.15) is 49.8 Å². The molecule has 1 saturated carbocycles. The second kappa shape index (κ2) is 3.36. The van der Waals surface area contributed by atoms with Crippen molar-refractivity contribution in [1.29, 1.82) is 0 Å². The van der Waals surface area contributed by atoms with E-state index < -0.39 is 0 Å². The second-order valence-electron chi connectivity index (χ2n) is 5.16.